The number of methoxy groups -OCH3 is 2. The van der Waals surface area contributed by atoms with Crippen LogP contribution in [0.5, 0.6) is 11.5 Å². The lowest BCUT2D eigenvalue weighted by atomic mass is 10.00. The second kappa shape index (κ2) is 7.80. The Balaban J connectivity index is 2.53. The molecular formula is C15H17BrINO2S. The van der Waals surface area contributed by atoms with E-state index in [4.69, 9.17) is 9.47 Å². The monoisotopic (exact) mass is 481 g/mol. The number of hydrogen-bond donors (Lipinski definition) is 1. The molecule has 0 amide bonds. The molecule has 21 heavy (non-hydrogen) atoms. The number of rotatable bonds is 6. The van der Waals surface area contributed by atoms with Gasteiger partial charge in [-0.3, -0.25) is 0 Å². The number of hydrogen-bond acceptors (Lipinski definition) is 4. The van der Waals surface area contributed by atoms with E-state index in [9.17, 15) is 0 Å². The minimum atomic E-state index is 0.0896. The van der Waals surface area contributed by atoms with Gasteiger partial charge in [0.25, 0.3) is 0 Å². The zero-order valence-electron chi connectivity index (χ0n) is 12.1. The van der Waals surface area contributed by atoms with Crippen LogP contribution >= 0.6 is 49.9 Å². The normalized spacial score (nSPS) is 12.2. The molecule has 0 saturated heterocycles. The molecule has 1 atom stereocenters. The molecule has 1 N–H and O–H groups in total. The molecule has 6 heteroatoms. The van der Waals surface area contributed by atoms with Gasteiger partial charge in [0.05, 0.1) is 27.6 Å². The molecule has 0 spiro atoms. The number of benzene rings is 1. The van der Waals surface area contributed by atoms with Gasteiger partial charge in [0, 0.05) is 5.56 Å². The van der Waals surface area contributed by atoms with E-state index in [2.05, 4.69) is 62.2 Å². The summed E-state index contributed by atoms with van der Waals surface area (Å²) in [5.41, 5.74) is 2.32. The first-order valence-corrected chi connectivity index (χ1v) is 9.24. The van der Waals surface area contributed by atoms with Crippen molar-refractivity contribution >= 4 is 49.9 Å². The van der Waals surface area contributed by atoms with Crippen LogP contribution in [0.1, 0.15) is 24.1 Å². The van der Waals surface area contributed by atoms with Crippen LogP contribution in [-0.4, -0.2) is 20.8 Å². The zero-order chi connectivity index (χ0) is 15.4. The fraction of sp³-hybridized carbons (Fsp3) is 0.333. The first kappa shape index (κ1) is 17.1. The van der Waals surface area contributed by atoms with E-state index in [1.54, 1.807) is 25.6 Å². The Bertz CT molecular complexity index is 618. The van der Waals surface area contributed by atoms with Gasteiger partial charge in [0.15, 0.2) is 0 Å². The molecule has 1 aromatic carbocycles. The zero-order valence-corrected chi connectivity index (χ0v) is 16.6. The number of thiophene rings is 1. The predicted octanol–water partition coefficient (Wildman–Crippen LogP) is 4.83. The largest absolute Gasteiger partial charge is 0.496 e. The van der Waals surface area contributed by atoms with Crippen molar-refractivity contribution in [1.29, 1.82) is 0 Å². The average molecular weight is 482 g/mol. The fourth-order valence-electron chi connectivity index (χ4n) is 2.20. The smallest absolute Gasteiger partial charge is 0.133 e. The molecule has 0 aliphatic carbocycles. The van der Waals surface area contributed by atoms with Crippen LogP contribution < -0.4 is 14.8 Å². The highest BCUT2D eigenvalue weighted by Crippen LogP contribution is 2.39. The Morgan fingerprint density at radius 1 is 1.24 bits per heavy atom. The van der Waals surface area contributed by atoms with Gasteiger partial charge in [-0.2, -0.15) is 0 Å². The third kappa shape index (κ3) is 3.91. The molecule has 0 aliphatic heterocycles. The van der Waals surface area contributed by atoms with Crippen LogP contribution in [0.2, 0.25) is 0 Å². The molecule has 1 aromatic heterocycles. The van der Waals surface area contributed by atoms with E-state index in [0.717, 1.165) is 28.1 Å². The van der Waals surface area contributed by atoms with Crippen molar-refractivity contribution in [2.75, 3.05) is 20.8 Å². The summed E-state index contributed by atoms with van der Waals surface area (Å²) in [4.78, 5) is 0. The van der Waals surface area contributed by atoms with Gasteiger partial charge in [-0.25, -0.2) is 0 Å². The van der Waals surface area contributed by atoms with Crippen molar-refractivity contribution in [2.45, 2.75) is 13.0 Å². The van der Waals surface area contributed by atoms with Crippen molar-refractivity contribution in [3.63, 3.8) is 0 Å². The van der Waals surface area contributed by atoms with Crippen LogP contribution in [0.25, 0.3) is 0 Å². The van der Waals surface area contributed by atoms with Gasteiger partial charge in [-0.05, 0) is 74.2 Å². The highest BCUT2D eigenvalue weighted by Gasteiger charge is 2.21. The van der Waals surface area contributed by atoms with Crippen LogP contribution in [-0.2, 0) is 0 Å². The number of halogens is 2. The number of nitrogens with one attached hydrogen (secondary N) is 1. The van der Waals surface area contributed by atoms with Gasteiger partial charge >= 0.3 is 0 Å². The Morgan fingerprint density at radius 3 is 2.48 bits per heavy atom. The Hall–Kier alpha value is -0.310. The fourth-order valence-corrected chi connectivity index (χ4v) is 4.08. The Morgan fingerprint density at radius 2 is 1.95 bits per heavy atom. The summed E-state index contributed by atoms with van der Waals surface area (Å²) < 4.78 is 13.1. The van der Waals surface area contributed by atoms with Crippen molar-refractivity contribution < 1.29 is 9.47 Å². The summed E-state index contributed by atoms with van der Waals surface area (Å²) in [6.45, 7) is 2.98. The summed E-state index contributed by atoms with van der Waals surface area (Å²) >= 11 is 7.60. The van der Waals surface area contributed by atoms with E-state index in [-0.39, 0.29) is 6.04 Å². The van der Waals surface area contributed by atoms with Gasteiger partial charge in [-0.1, -0.05) is 6.92 Å². The summed E-state index contributed by atoms with van der Waals surface area (Å²) in [5.74, 6) is 1.65. The Kier molecular flexibility index (Phi) is 6.34. The second-order valence-corrected chi connectivity index (χ2v) is 8.06. The maximum Gasteiger partial charge on any atom is 0.133 e. The molecular weight excluding hydrogens is 465 g/mol. The SMILES string of the molecule is CCNC(c1csc(I)c1)c1cc(OC)c(Br)cc1OC. The molecule has 0 bridgehead atoms. The van der Waals surface area contributed by atoms with E-state index in [1.165, 1.54) is 8.45 Å². The molecule has 0 aliphatic rings. The van der Waals surface area contributed by atoms with Crippen LogP contribution in [0.4, 0.5) is 0 Å². The van der Waals surface area contributed by atoms with E-state index < -0.39 is 0 Å². The highest BCUT2D eigenvalue weighted by atomic mass is 127. The van der Waals surface area contributed by atoms with E-state index in [0.29, 0.717) is 0 Å². The molecule has 114 valence electrons. The molecule has 0 radical (unpaired) electrons. The summed E-state index contributed by atoms with van der Waals surface area (Å²) in [5, 5.41) is 5.71. The predicted molar refractivity (Wildman–Crippen MR) is 99.8 cm³/mol. The maximum atomic E-state index is 5.56. The first-order valence-electron chi connectivity index (χ1n) is 6.49. The lowest BCUT2D eigenvalue weighted by Gasteiger charge is -2.21. The van der Waals surface area contributed by atoms with Crippen molar-refractivity contribution in [1.82, 2.24) is 5.32 Å². The topological polar surface area (TPSA) is 30.5 Å². The van der Waals surface area contributed by atoms with E-state index in [1.807, 2.05) is 12.1 Å². The maximum absolute atomic E-state index is 5.56. The minimum absolute atomic E-state index is 0.0896. The first-order chi connectivity index (χ1) is 10.1. The molecule has 1 heterocycles. The quantitative estimate of drug-likeness (QED) is 0.599. The minimum Gasteiger partial charge on any atom is -0.496 e. The van der Waals surface area contributed by atoms with Crippen molar-refractivity contribution in [2.24, 2.45) is 0 Å². The van der Waals surface area contributed by atoms with Gasteiger partial charge < -0.3 is 14.8 Å². The molecule has 1 unspecified atom stereocenters. The highest BCUT2D eigenvalue weighted by molar-refractivity contribution is 14.1. The Labute approximate surface area is 151 Å². The van der Waals surface area contributed by atoms with Gasteiger partial charge in [0.1, 0.15) is 11.5 Å². The molecule has 2 rings (SSSR count). The average Bonchev–Trinajstić information content (AvgIpc) is 2.91. The standard InChI is InChI=1S/C15H17BrINO2S/c1-4-18-15(9-5-14(17)21-8-9)10-6-13(20-3)11(16)7-12(10)19-2/h5-8,15,18H,4H2,1-3H3. The third-order valence-electron chi connectivity index (χ3n) is 3.14. The van der Waals surface area contributed by atoms with Crippen molar-refractivity contribution in [3.8, 4) is 11.5 Å². The van der Waals surface area contributed by atoms with E-state index >= 15 is 0 Å². The summed E-state index contributed by atoms with van der Waals surface area (Å²) in [6, 6.07) is 6.27. The molecule has 0 saturated carbocycles. The summed E-state index contributed by atoms with van der Waals surface area (Å²) in [6.07, 6.45) is 0. The van der Waals surface area contributed by atoms with Crippen LogP contribution in [0.3, 0.4) is 0 Å². The number of ether oxygens (including phenoxy) is 2. The van der Waals surface area contributed by atoms with Crippen molar-refractivity contribution in [3.05, 3.63) is 42.1 Å². The summed E-state index contributed by atoms with van der Waals surface area (Å²) in [7, 11) is 3.37. The van der Waals surface area contributed by atoms with Crippen LogP contribution in [0, 0.1) is 2.88 Å². The molecule has 2 aromatic rings. The lowest BCUT2D eigenvalue weighted by molar-refractivity contribution is 0.392. The third-order valence-corrected chi connectivity index (χ3v) is 5.57. The van der Waals surface area contributed by atoms with Gasteiger partial charge in [0.2, 0.25) is 0 Å². The molecule has 0 fully saturated rings. The van der Waals surface area contributed by atoms with Gasteiger partial charge in [-0.15, -0.1) is 11.3 Å². The lowest BCUT2D eigenvalue weighted by Crippen LogP contribution is -2.22. The van der Waals surface area contributed by atoms with Crippen LogP contribution in [0.15, 0.2) is 28.1 Å². The molecule has 3 nitrogen and oxygen atoms in total. The second-order valence-electron chi connectivity index (χ2n) is 4.40.